The number of guanidine groups is 1. The number of hydrogen-bond acceptors (Lipinski definition) is 4. The van der Waals surface area contributed by atoms with Gasteiger partial charge in [-0.05, 0) is 19.8 Å². The lowest BCUT2D eigenvalue weighted by molar-refractivity contribution is -0.135. The minimum absolute atomic E-state index is 0.123. The zero-order valence-corrected chi connectivity index (χ0v) is 14.6. The molecule has 0 unspecified atom stereocenters. The molecule has 2 heterocycles. The van der Waals surface area contributed by atoms with Gasteiger partial charge in [-0.2, -0.15) is 13.2 Å². The Morgan fingerprint density at radius 3 is 2.64 bits per heavy atom. The first-order valence-corrected chi connectivity index (χ1v) is 8.69. The Kier molecular flexibility index (Phi) is 7.54. The molecule has 0 aliphatic carbocycles. The number of hydrogen-bond donors (Lipinski definition) is 1. The Balaban J connectivity index is 1.75. The van der Waals surface area contributed by atoms with Crippen molar-refractivity contribution in [2.45, 2.75) is 38.9 Å². The highest BCUT2D eigenvalue weighted by Crippen LogP contribution is 2.22. The number of nitrogens with zero attached hydrogens (tertiary/aromatic N) is 4. The summed E-state index contributed by atoms with van der Waals surface area (Å²) in [5.74, 6) is 0.788. The lowest BCUT2D eigenvalue weighted by Gasteiger charge is -2.36. The maximum absolute atomic E-state index is 12.2. The molecule has 0 radical (unpaired) electrons. The van der Waals surface area contributed by atoms with Crippen LogP contribution in [0.5, 0.6) is 0 Å². The maximum Gasteiger partial charge on any atom is 0.389 e. The summed E-state index contributed by atoms with van der Waals surface area (Å²) in [6, 6.07) is 1.86. The molecule has 6 nitrogen and oxygen atoms in total. The number of halogens is 3. The summed E-state index contributed by atoms with van der Waals surface area (Å²) >= 11 is 0. The van der Waals surface area contributed by atoms with Crippen LogP contribution in [0, 0.1) is 0 Å². The summed E-state index contributed by atoms with van der Waals surface area (Å²) in [6.07, 6.45) is -2.67. The average molecular weight is 361 g/mol. The van der Waals surface area contributed by atoms with Crippen molar-refractivity contribution in [3.63, 3.8) is 0 Å². The standard InChI is InChI=1S/C16H26F3N5O/c1-2-20-15(21-7-4-3-6-16(17,18)19)24-10-8-23(9-11-24)13-14-5-12-25-22-14/h5,12H,2-4,6-11,13H2,1H3,(H,20,21). The van der Waals surface area contributed by atoms with Crippen LogP contribution >= 0.6 is 0 Å². The topological polar surface area (TPSA) is 56.9 Å². The third-order valence-electron chi connectivity index (χ3n) is 4.01. The lowest BCUT2D eigenvalue weighted by atomic mass is 10.2. The number of nitrogens with one attached hydrogen (secondary N) is 1. The van der Waals surface area contributed by atoms with Gasteiger partial charge in [0.1, 0.15) is 6.26 Å². The van der Waals surface area contributed by atoms with Gasteiger partial charge in [-0.3, -0.25) is 9.89 Å². The molecule has 0 atom stereocenters. The van der Waals surface area contributed by atoms with E-state index in [1.165, 1.54) is 0 Å². The van der Waals surface area contributed by atoms with Crippen molar-refractivity contribution in [1.82, 2.24) is 20.3 Å². The molecule has 0 aromatic carbocycles. The third kappa shape index (κ3) is 7.33. The zero-order valence-electron chi connectivity index (χ0n) is 14.6. The fraction of sp³-hybridized carbons (Fsp3) is 0.750. The largest absolute Gasteiger partial charge is 0.389 e. The van der Waals surface area contributed by atoms with E-state index < -0.39 is 12.6 Å². The number of aliphatic imine (C=N–C) groups is 1. The van der Waals surface area contributed by atoms with Crippen LogP contribution in [0.4, 0.5) is 13.2 Å². The smallest absolute Gasteiger partial charge is 0.364 e. The van der Waals surface area contributed by atoms with E-state index in [1.807, 2.05) is 13.0 Å². The van der Waals surface area contributed by atoms with Crippen LogP contribution in [0.3, 0.4) is 0 Å². The van der Waals surface area contributed by atoms with E-state index in [0.717, 1.165) is 50.9 Å². The van der Waals surface area contributed by atoms with E-state index in [0.29, 0.717) is 13.0 Å². The maximum atomic E-state index is 12.2. The summed E-state index contributed by atoms with van der Waals surface area (Å²) in [7, 11) is 0. The van der Waals surface area contributed by atoms with Crippen molar-refractivity contribution in [2.75, 3.05) is 39.3 Å². The van der Waals surface area contributed by atoms with Crippen LogP contribution in [0.25, 0.3) is 0 Å². The quantitative estimate of drug-likeness (QED) is 0.459. The lowest BCUT2D eigenvalue weighted by Crippen LogP contribution is -2.52. The van der Waals surface area contributed by atoms with Gasteiger partial charge in [-0.1, -0.05) is 5.16 Å². The van der Waals surface area contributed by atoms with Crippen LogP contribution in [0.2, 0.25) is 0 Å². The van der Waals surface area contributed by atoms with Gasteiger partial charge in [-0.15, -0.1) is 0 Å². The molecule has 2 rings (SSSR count). The van der Waals surface area contributed by atoms with Crippen molar-refractivity contribution in [1.29, 1.82) is 0 Å². The monoisotopic (exact) mass is 361 g/mol. The highest BCUT2D eigenvalue weighted by atomic mass is 19.4. The molecule has 142 valence electrons. The molecule has 25 heavy (non-hydrogen) atoms. The molecule has 1 fully saturated rings. The van der Waals surface area contributed by atoms with Gasteiger partial charge in [0.25, 0.3) is 0 Å². The highest BCUT2D eigenvalue weighted by molar-refractivity contribution is 5.80. The number of rotatable bonds is 7. The van der Waals surface area contributed by atoms with Gasteiger partial charge >= 0.3 is 6.18 Å². The van der Waals surface area contributed by atoms with Gasteiger partial charge in [0, 0.05) is 58.3 Å². The summed E-state index contributed by atoms with van der Waals surface area (Å²) in [6.45, 7) is 7.31. The van der Waals surface area contributed by atoms with Crippen molar-refractivity contribution in [3.05, 3.63) is 18.0 Å². The first-order valence-electron chi connectivity index (χ1n) is 8.69. The minimum Gasteiger partial charge on any atom is -0.364 e. The van der Waals surface area contributed by atoms with Gasteiger partial charge in [0.15, 0.2) is 5.96 Å². The molecule has 1 aliphatic rings. The molecule has 0 saturated carbocycles. The summed E-state index contributed by atoms with van der Waals surface area (Å²) < 4.78 is 41.3. The van der Waals surface area contributed by atoms with Crippen LogP contribution in [-0.4, -0.2) is 66.4 Å². The van der Waals surface area contributed by atoms with Crippen LogP contribution in [-0.2, 0) is 6.54 Å². The molecule has 1 saturated heterocycles. The fourth-order valence-electron chi connectivity index (χ4n) is 2.71. The van der Waals surface area contributed by atoms with E-state index in [9.17, 15) is 13.2 Å². The van der Waals surface area contributed by atoms with Crippen molar-refractivity contribution < 1.29 is 17.7 Å². The Labute approximate surface area is 146 Å². The van der Waals surface area contributed by atoms with Crippen LogP contribution < -0.4 is 5.32 Å². The normalized spacial score (nSPS) is 17.1. The Hall–Kier alpha value is -1.77. The second kappa shape index (κ2) is 9.65. The summed E-state index contributed by atoms with van der Waals surface area (Å²) in [4.78, 5) is 8.93. The predicted molar refractivity (Wildman–Crippen MR) is 89.2 cm³/mol. The molecule has 1 aromatic rings. The van der Waals surface area contributed by atoms with Crippen molar-refractivity contribution in [2.24, 2.45) is 4.99 Å². The van der Waals surface area contributed by atoms with E-state index in [4.69, 9.17) is 4.52 Å². The molecule has 1 aliphatic heterocycles. The van der Waals surface area contributed by atoms with Crippen LogP contribution in [0.15, 0.2) is 21.8 Å². The van der Waals surface area contributed by atoms with Gasteiger partial charge < -0.3 is 14.7 Å². The summed E-state index contributed by atoms with van der Waals surface area (Å²) in [5.41, 5.74) is 0.915. The first kappa shape index (κ1) is 19.6. The predicted octanol–water partition coefficient (Wildman–Crippen LogP) is 2.49. The van der Waals surface area contributed by atoms with Gasteiger partial charge in [0.2, 0.25) is 0 Å². The molecule has 0 spiro atoms. The SMILES string of the molecule is CCNC(=NCCCCC(F)(F)F)N1CCN(Cc2ccon2)CC1. The first-order chi connectivity index (χ1) is 12.0. The molecule has 0 bridgehead atoms. The Morgan fingerprint density at radius 2 is 2.04 bits per heavy atom. The number of aromatic nitrogens is 1. The van der Waals surface area contributed by atoms with E-state index in [1.54, 1.807) is 6.26 Å². The molecule has 1 aromatic heterocycles. The molecule has 0 amide bonds. The second-order valence-electron chi connectivity index (χ2n) is 6.06. The average Bonchev–Trinajstić information content (AvgIpc) is 3.06. The van der Waals surface area contributed by atoms with Crippen molar-refractivity contribution in [3.8, 4) is 0 Å². The minimum atomic E-state index is -4.08. The van der Waals surface area contributed by atoms with E-state index >= 15 is 0 Å². The van der Waals surface area contributed by atoms with E-state index in [2.05, 4.69) is 25.3 Å². The zero-order chi connectivity index (χ0) is 18.1. The molecular formula is C16H26F3N5O. The van der Waals surface area contributed by atoms with E-state index in [-0.39, 0.29) is 6.42 Å². The highest BCUT2D eigenvalue weighted by Gasteiger charge is 2.25. The molecular weight excluding hydrogens is 335 g/mol. The third-order valence-corrected chi connectivity index (χ3v) is 4.01. The number of piperazine rings is 1. The van der Waals surface area contributed by atoms with Gasteiger partial charge in [0.05, 0.1) is 5.69 Å². The number of unbranched alkanes of at least 4 members (excludes halogenated alkanes) is 1. The Morgan fingerprint density at radius 1 is 1.28 bits per heavy atom. The number of alkyl halides is 3. The molecule has 1 N–H and O–H groups in total. The van der Waals surface area contributed by atoms with Crippen LogP contribution in [0.1, 0.15) is 31.9 Å². The summed E-state index contributed by atoms with van der Waals surface area (Å²) in [5, 5.41) is 7.15. The fourth-order valence-corrected chi connectivity index (χ4v) is 2.71. The van der Waals surface area contributed by atoms with Gasteiger partial charge in [-0.25, -0.2) is 0 Å². The van der Waals surface area contributed by atoms with Crippen molar-refractivity contribution >= 4 is 5.96 Å². The second-order valence-corrected chi connectivity index (χ2v) is 6.06. The Bertz CT molecular complexity index is 510. The molecule has 9 heteroatoms.